The Labute approximate surface area is 71.6 Å². The van der Waals surface area contributed by atoms with Crippen molar-refractivity contribution in [3.63, 3.8) is 0 Å². The third-order valence-electron chi connectivity index (χ3n) is 2.32. The molecule has 1 nitrogen and oxygen atoms in total. The lowest BCUT2D eigenvalue weighted by Crippen LogP contribution is -2.21. The van der Waals surface area contributed by atoms with Crippen LogP contribution in [0.2, 0.25) is 0 Å². The van der Waals surface area contributed by atoms with Crippen molar-refractivity contribution in [1.29, 1.82) is 0 Å². The lowest BCUT2D eigenvalue weighted by Gasteiger charge is -2.23. The van der Waals surface area contributed by atoms with E-state index in [4.69, 9.17) is 0 Å². The Hall–Kier alpha value is -1.05. The van der Waals surface area contributed by atoms with Crippen molar-refractivity contribution in [3.05, 3.63) is 29.6 Å². The topological polar surface area (TPSA) is 12.0 Å². The molecule has 1 atom stereocenters. The van der Waals surface area contributed by atoms with Crippen molar-refractivity contribution in [2.24, 2.45) is 0 Å². The first-order chi connectivity index (χ1) is 5.75. The first-order valence-electron chi connectivity index (χ1n) is 4.30. The maximum absolute atomic E-state index is 12.8. The van der Waals surface area contributed by atoms with Crippen LogP contribution in [0.4, 0.5) is 10.1 Å². The van der Waals surface area contributed by atoms with Crippen LogP contribution in [0.3, 0.4) is 0 Å². The van der Waals surface area contributed by atoms with Crippen LogP contribution in [0.15, 0.2) is 18.2 Å². The molecule has 0 bridgehead atoms. The smallest absolute Gasteiger partial charge is 0.125 e. The van der Waals surface area contributed by atoms with Gasteiger partial charge in [0, 0.05) is 11.7 Å². The maximum Gasteiger partial charge on any atom is 0.125 e. The van der Waals surface area contributed by atoms with E-state index >= 15 is 0 Å². The Bertz CT molecular complexity index is 296. The second-order valence-corrected chi connectivity index (χ2v) is 3.39. The zero-order valence-electron chi connectivity index (χ0n) is 7.10. The van der Waals surface area contributed by atoms with E-state index < -0.39 is 0 Å². The molecule has 1 unspecified atom stereocenters. The number of hydrogen-bond donors (Lipinski definition) is 1. The predicted molar refractivity (Wildman–Crippen MR) is 47.8 cm³/mol. The summed E-state index contributed by atoms with van der Waals surface area (Å²) >= 11 is 0. The number of rotatable bonds is 0. The fraction of sp³-hybridized carbons (Fsp3) is 0.400. The Morgan fingerprint density at radius 2 is 2.33 bits per heavy atom. The average molecular weight is 165 g/mol. The summed E-state index contributed by atoms with van der Waals surface area (Å²) in [6, 6.07) is 5.43. The van der Waals surface area contributed by atoms with Gasteiger partial charge in [-0.3, -0.25) is 0 Å². The third-order valence-corrected chi connectivity index (χ3v) is 2.32. The SMILES string of the molecule is CC1CCc2ccc(F)cc2N1. The summed E-state index contributed by atoms with van der Waals surface area (Å²) in [6.07, 6.45) is 2.20. The van der Waals surface area contributed by atoms with Crippen LogP contribution in [-0.2, 0) is 6.42 Å². The van der Waals surface area contributed by atoms with E-state index in [1.807, 2.05) is 6.07 Å². The molecule has 0 saturated heterocycles. The average Bonchev–Trinajstić information content (AvgIpc) is 2.03. The van der Waals surface area contributed by atoms with Gasteiger partial charge >= 0.3 is 0 Å². The fourth-order valence-electron chi connectivity index (χ4n) is 1.61. The molecule has 2 rings (SSSR count). The highest BCUT2D eigenvalue weighted by Crippen LogP contribution is 2.24. The lowest BCUT2D eigenvalue weighted by atomic mass is 9.99. The summed E-state index contributed by atoms with van der Waals surface area (Å²) in [5, 5.41) is 3.26. The van der Waals surface area contributed by atoms with Crippen molar-refractivity contribution >= 4 is 5.69 Å². The zero-order chi connectivity index (χ0) is 8.55. The largest absolute Gasteiger partial charge is 0.382 e. The van der Waals surface area contributed by atoms with Gasteiger partial charge in [0.05, 0.1) is 0 Å². The molecule has 1 aromatic carbocycles. The van der Waals surface area contributed by atoms with Crippen LogP contribution in [0, 0.1) is 5.82 Å². The molecule has 0 aliphatic carbocycles. The number of halogens is 1. The second kappa shape index (κ2) is 2.77. The van der Waals surface area contributed by atoms with Crippen LogP contribution in [0.5, 0.6) is 0 Å². The minimum Gasteiger partial charge on any atom is -0.382 e. The number of aryl methyl sites for hydroxylation is 1. The van der Waals surface area contributed by atoms with E-state index in [0.717, 1.165) is 18.5 Å². The van der Waals surface area contributed by atoms with Crippen molar-refractivity contribution in [3.8, 4) is 0 Å². The summed E-state index contributed by atoms with van der Waals surface area (Å²) in [4.78, 5) is 0. The van der Waals surface area contributed by atoms with Gasteiger partial charge in [0.25, 0.3) is 0 Å². The van der Waals surface area contributed by atoms with Gasteiger partial charge in [-0.2, -0.15) is 0 Å². The molecular weight excluding hydrogens is 153 g/mol. The van der Waals surface area contributed by atoms with Crippen molar-refractivity contribution in [2.75, 3.05) is 5.32 Å². The Balaban J connectivity index is 2.37. The number of hydrogen-bond acceptors (Lipinski definition) is 1. The van der Waals surface area contributed by atoms with E-state index in [0.29, 0.717) is 6.04 Å². The minimum atomic E-state index is -0.157. The molecule has 1 aromatic rings. The summed E-state index contributed by atoms with van der Waals surface area (Å²) in [5.74, 6) is -0.157. The van der Waals surface area contributed by atoms with Crippen LogP contribution in [0.1, 0.15) is 18.9 Å². The number of anilines is 1. The van der Waals surface area contributed by atoms with Crippen LogP contribution < -0.4 is 5.32 Å². The molecule has 1 heterocycles. The monoisotopic (exact) mass is 165 g/mol. The predicted octanol–water partition coefficient (Wildman–Crippen LogP) is 2.57. The Morgan fingerprint density at radius 3 is 3.17 bits per heavy atom. The highest BCUT2D eigenvalue weighted by molar-refractivity contribution is 5.53. The zero-order valence-corrected chi connectivity index (χ0v) is 7.10. The molecule has 0 amide bonds. The second-order valence-electron chi connectivity index (χ2n) is 3.39. The number of nitrogens with one attached hydrogen (secondary N) is 1. The molecule has 12 heavy (non-hydrogen) atoms. The van der Waals surface area contributed by atoms with E-state index in [2.05, 4.69) is 12.2 Å². The third kappa shape index (κ3) is 1.29. The van der Waals surface area contributed by atoms with Crippen molar-refractivity contribution < 1.29 is 4.39 Å². The molecule has 0 saturated carbocycles. The van der Waals surface area contributed by atoms with Crippen LogP contribution in [0.25, 0.3) is 0 Å². The van der Waals surface area contributed by atoms with Gasteiger partial charge in [-0.15, -0.1) is 0 Å². The maximum atomic E-state index is 12.8. The highest BCUT2D eigenvalue weighted by Gasteiger charge is 2.13. The lowest BCUT2D eigenvalue weighted by molar-refractivity contribution is 0.621. The molecule has 0 radical (unpaired) electrons. The van der Waals surface area contributed by atoms with Gasteiger partial charge in [-0.25, -0.2) is 4.39 Å². The molecule has 1 aliphatic rings. The molecule has 0 fully saturated rings. The summed E-state index contributed by atoms with van der Waals surface area (Å²) < 4.78 is 12.8. The quantitative estimate of drug-likeness (QED) is 0.623. The molecular formula is C10H12FN. The number of fused-ring (bicyclic) bond motifs is 1. The summed E-state index contributed by atoms with van der Waals surface area (Å²) in [6.45, 7) is 2.12. The Kier molecular flexibility index (Phi) is 1.75. The molecule has 0 aromatic heterocycles. The van der Waals surface area contributed by atoms with Crippen molar-refractivity contribution in [2.45, 2.75) is 25.8 Å². The number of benzene rings is 1. The van der Waals surface area contributed by atoms with Gasteiger partial charge in [-0.1, -0.05) is 6.07 Å². The van der Waals surface area contributed by atoms with Gasteiger partial charge in [0.2, 0.25) is 0 Å². The van der Waals surface area contributed by atoms with Gasteiger partial charge in [0.1, 0.15) is 5.82 Å². The molecule has 0 spiro atoms. The first-order valence-corrected chi connectivity index (χ1v) is 4.30. The van der Waals surface area contributed by atoms with E-state index in [-0.39, 0.29) is 5.82 Å². The van der Waals surface area contributed by atoms with Crippen molar-refractivity contribution in [1.82, 2.24) is 0 Å². The van der Waals surface area contributed by atoms with E-state index in [1.165, 1.54) is 11.6 Å². The van der Waals surface area contributed by atoms with Crippen LogP contribution >= 0.6 is 0 Å². The fourth-order valence-corrected chi connectivity index (χ4v) is 1.61. The molecule has 1 N–H and O–H groups in total. The molecule has 64 valence electrons. The summed E-state index contributed by atoms with van der Waals surface area (Å²) in [5.41, 5.74) is 2.20. The first kappa shape index (κ1) is 7.59. The normalized spacial score (nSPS) is 21.3. The Morgan fingerprint density at radius 1 is 1.50 bits per heavy atom. The standard InChI is InChI=1S/C10H12FN/c1-7-2-3-8-4-5-9(11)6-10(8)12-7/h4-7,12H,2-3H2,1H3. The van der Waals surface area contributed by atoms with Gasteiger partial charge in [-0.05, 0) is 37.5 Å². The van der Waals surface area contributed by atoms with E-state index in [9.17, 15) is 4.39 Å². The minimum absolute atomic E-state index is 0.157. The van der Waals surface area contributed by atoms with E-state index in [1.54, 1.807) is 6.07 Å². The highest BCUT2D eigenvalue weighted by atomic mass is 19.1. The van der Waals surface area contributed by atoms with Gasteiger partial charge < -0.3 is 5.32 Å². The molecule has 1 aliphatic heterocycles. The summed E-state index contributed by atoms with van der Waals surface area (Å²) in [7, 11) is 0. The van der Waals surface area contributed by atoms with Crippen LogP contribution in [-0.4, -0.2) is 6.04 Å². The van der Waals surface area contributed by atoms with Gasteiger partial charge in [0.15, 0.2) is 0 Å². The molecule has 2 heteroatoms.